The van der Waals surface area contributed by atoms with Crippen LogP contribution in [0.3, 0.4) is 0 Å². The molecule has 0 amide bonds. The van der Waals surface area contributed by atoms with E-state index >= 15 is 0 Å². The van der Waals surface area contributed by atoms with Crippen LogP contribution in [0.1, 0.15) is 25.3 Å². The number of nitrogens with one attached hydrogen (secondary N) is 1. The highest BCUT2D eigenvalue weighted by molar-refractivity contribution is 9.10. The predicted molar refractivity (Wildman–Crippen MR) is 81.5 cm³/mol. The molecule has 1 atom stereocenters. The Labute approximate surface area is 123 Å². The van der Waals surface area contributed by atoms with Crippen LogP contribution < -0.4 is 10.1 Å². The van der Waals surface area contributed by atoms with Crippen molar-refractivity contribution in [2.45, 2.75) is 26.3 Å². The minimum absolute atomic E-state index is 0.614. The molecule has 0 bridgehead atoms. The third-order valence-corrected chi connectivity index (χ3v) is 4.01. The summed E-state index contributed by atoms with van der Waals surface area (Å²) < 4.78 is 6.20. The third kappa shape index (κ3) is 5.59. The second-order valence-electron chi connectivity index (χ2n) is 4.55. The normalized spacial score (nSPS) is 12.4. The summed E-state index contributed by atoms with van der Waals surface area (Å²) in [6.07, 6.45) is 2.36. The molecule has 0 saturated carbocycles. The Kier molecular flexibility index (Phi) is 7.71. The molecule has 0 radical (unpaired) electrons. The largest absolute Gasteiger partial charge is 0.496 e. The number of ether oxygens (including phenoxy) is 1. The van der Waals surface area contributed by atoms with Gasteiger partial charge in [0.15, 0.2) is 0 Å². The maximum Gasteiger partial charge on any atom is 0.133 e. The lowest BCUT2D eigenvalue weighted by Crippen LogP contribution is -2.15. The van der Waals surface area contributed by atoms with Crippen LogP contribution in [0.25, 0.3) is 0 Å². The molecule has 0 fully saturated rings. The Morgan fingerprint density at radius 1 is 1.44 bits per heavy atom. The van der Waals surface area contributed by atoms with E-state index < -0.39 is 0 Å². The van der Waals surface area contributed by atoms with E-state index in [0.29, 0.717) is 5.92 Å². The van der Waals surface area contributed by atoms with Crippen LogP contribution in [0, 0.1) is 5.92 Å². The minimum Gasteiger partial charge on any atom is -0.496 e. The molecule has 18 heavy (non-hydrogen) atoms. The molecule has 102 valence electrons. The highest BCUT2D eigenvalue weighted by Gasteiger charge is 2.02. The van der Waals surface area contributed by atoms with Gasteiger partial charge in [0.1, 0.15) is 5.75 Å². The zero-order valence-corrected chi connectivity index (χ0v) is 13.4. The quantitative estimate of drug-likeness (QED) is 0.568. The summed E-state index contributed by atoms with van der Waals surface area (Å²) in [5.74, 6) is 2.24. The van der Waals surface area contributed by atoms with Gasteiger partial charge < -0.3 is 10.1 Å². The molecule has 0 saturated heterocycles. The maximum atomic E-state index is 5.77. The van der Waals surface area contributed by atoms with Crippen LogP contribution >= 0.6 is 27.5 Å². The fraction of sp³-hybridized carbons (Fsp3) is 0.571. The number of hydrogen-bond donors (Lipinski definition) is 1. The minimum atomic E-state index is 0.614. The summed E-state index contributed by atoms with van der Waals surface area (Å²) in [4.78, 5) is 0. The van der Waals surface area contributed by atoms with Crippen molar-refractivity contribution < 1.29 is 4.74 Å². The summed E-state index contributed by atoms with van der Waals surface area (Å²) in [5.41, 5.74) is 1.26. The van der Waals surface area contributed by atoms with Crippen molar-refractivity contribution in [1.29, 1.82) is 0 Å². The molecular formula is C14H21BrClNO. The standard InChI is InChI=1S/C14H21BrClNO/c1-11(9-16)4-3-7-17-10-12-5-6-14(18-2)13(15)8-12/h5-6,8,11,17H,3-4,7,9-10H2,1-2H3. The van der Waals surface area contributed by atoms with Gasteiger partial charge in [0, 0.05) is 12.4 Å². The molecule has 0 spiro atoms. The van der Waals surface area contributed by atoms with Crippen molar-refractivity contribution in [3.8, 4) is 5.75 Å². The first-order valence-corrected chi connectivity index (χ1v) is 7.59. The second kappa shape index (κ2) is 8.78. The van der Waals surface area contributed by atoms with E-state index in [1.165, 1.54) is 18.4 Å². The van der Waals surface area contributed by atoms with Gasteiger partial charge in [-0.05, 0) is 58.9 Å². The van der Waals surface area contributed by atoms with Crippen molar-refractivity contribution in [3.05, 3.63) is 28.2 Å². The van der Waals surface area contributed by atoms with E-state index in [2.05, 4.69) is 40.3 Å². The van der Waals surface area contributed by atoms with Crippen molar-refractivity contribution >= 4 is 27.5 Å². The van der Waals surface area contributed by atoms with E-state index in [1.807, 2.05) is 6.07 Å². The fourth-order valence-corrected chi connectivity index (χ4v) is 2.45. The monoisotopic (exact) mass is 333 g/mol. The molecule has 1 unspecified atom stereocenters. The number of hydrogen-bond acceptors (Lipinski definition) is 2. The molecule has 0 aromatic heterocycles. The maximum absolute atomic E-state index is 5.77. The predicted octanol–water partition coefficient (Wildman–Crippen LogP) is 4.20. The topological polar surface area (TPSA) is 21.3 Å². The SMILES string of the molecule is COc1ccc(CNCCCC(C)CCl)cc1Br. The van der Waals surface area contributed by atoms with Crippen LogP contribution in [0.15, 0.2) is 22.7 Å². The van der Waals surface area contributed by atoms with Crippen LogP contribution in [0.5, 0.6) is 5.75 Å². The first-order chi connectivity index (χ1) is 8.67. The Hall–Kier alpha value is -0.250. The molecule has 1 rings (SSSR count). The Bertz CT molecular complexity index is 360. The number of methoxy groups -OCH3 is 1. The molecule has 1 aromatic rings. The second-order valence-corrected chi connectivity index (χ2v) is 5.71. The van der Waals surface area contributed by atoms with Crippen LogP contribution in [0.2, 0.25) is 0 Å². The highest BCUT2D eigenvalue weighted by Crippen LogP contribution is 2.25. The van der Waals surface area contributed by atoms with E-state index in [9.17, 15) is 0 Å². The van der Waals surface area contributed by atoms with Gasteiger partial charge in [-0.2, -0.15) is 0 Å². The Morgan fingerprint density at radius 2 is 2.22 bits per heavy atom. The lowest BCUT2D eigenvalue weighted by atomic mass is 10.1. The number of halogens is 2. The first kappa shape index (κ1) is 15.8. The van der Waals surface area contributed by atoms with Crippen LogP contribution in [0.4, 0.5) is 0 Å². The fourth-order valence-electron chi connectivity index (χ4n) is 1.71. The Morgan fingerprint density at radius 3 is 2.83 bits per heavy atom. The van der Waals surface area contributed by atoms with E-state index in [1.54, 1.807) is 7.11 Å². The molecule has 0 aliphatic heterocycles. The van der Waals surface area contributed by atoms with Gasteiger partial charge in [0.2, 0.25) is 0 Å². The summed E-state index contributed by atoms with van der Waals surface area (Å²) >= 11 is 9.26. The number of rotatable bonds is 8. The molecule has 0 aliphatic carbocycles. The molecular weight excluding hydrogens is 314 g/mol. The van der Waals surface area contributed by atoms with Gasteiger partial charge in [-0.1, -0.05) is 13.0 Å². The molecule has 0 heterocycles. The molecule has 4 heteroatoms. The molecule has 1 N–H and O–H groups in total. The van der Waals surface area contributed by atoms with Crippen molar-refractivity contribution in [2.24, 2.45) is 5.92 Å². The third-order valence-electron chi connectivity index (χ3n) is 2.86. The molecule has 0 aliphatic rings. The van der Waals surface area contributed by atoms with Gasteiger partial charge in [0.05, 0.1) is 11.6 Å². The molecule has 1 aromatic carbocycles. The average Bonchev–Trinajstić information content (AvgIpc) is 2.38. The van der Waals surface area contributed by atoms with Crippen molar-refractivity contribution in [2.75, 3.05) is 19.5 Å². The summed E-state index contributed by atoms with van der Waals surface area (Å²) in [6.45, 7) is 4.11. The van der Waals surface area contributed by atoms with Crippen LogP contribution in [-0.2, 0) is 6.54 Å². The van der Waals surface area contributed by atoms with E-state index in [-0.39, 0.29) is 0 Å². The average molecular weight is 335 g/mol. The van der Waals surface area contributed by atoms with Gasteiger partial charge in [-0.25, -0.2) is 0 Å². The first-order valence-electron chi connectivity index (χ1n) is 6.26. The van der Waals surface area contributed by atoms with Crippen LogP contribution in [-0.4, -0.2) is 19.5 Å². The Balaban J connectivity index is 2.25. The van der Waals surface area contributed by atoms with Gasteiger partial charge in [0.25, 0.3) is 0 Å². The summed E-state index contributed by atoms with van der Waals surface area (Å²) in [7, 11) is 1.68. The van der Waals surface area contributed by atoms with Crippen molar-refractivity contribution in [1.82, 2.24) is 5.32 Å². The smallest absolute Gasteiger partial charge is 0.133 e. The van der Waals surface area contributed by atoms with Gasteiger partial charge in [-0.3, -0.25) is 0 Å². The van der Waals surface area contributed by atoms with E-state index in [0.717, 1.165) is 29.2 Å². The summed E-state index contributed by atoms with van der Waals surface area (Å²) in [5, 5.41) is 3.44. The van der Waals surface area contributed by atoms with E-state index in [4.69, 9.17) is 16.3 Å². The molecule has 2 nitrogen and oxygen atoms in total. The zero-order chi connectivity index (χ0) is 13.4. The van der Waals surface area contributed by atoms with Gasteiger partial charge in [-0.15, -0.1) is 11.6 Å². The summed E-state index contributed by atoms with van der Waals surface area (Å²) in [6, 6.07) is 6.15. The highest BCUT2D eigenvalue weighted by atomic mass is 79.9. The lowest BCUT2D eigenvalue weighted by Gasteiger charge is -2.09. The zero-order valence-electron chi connectivity index (χ0n) is 11.0. The lowest BCUT2D eigenvalue weighted by molar-refractivity contribution is 0.412. The number of benzene rings is 1. The number of alkyl halides is 1. The van der Waals surface area contributed by atoms with Gasteiger partial charge >= 0.3 is 0 Å². The van der Waals surface area contributed by atoms with Crippen molar-refractivity contribution in [3.63, 3.8) is 0 Å².